The van der Waals surface area contributed by atoms with Gasteiger partial charge < -0.3 is 9.94 Å². The number of nitrogens with zero attached hydrogens (tertiary/aromatic N) is 1. The first-order valence-electron chi connectivity index (χ1n) is 5.45. The predicted octanol–water partition coefficient (Wildman–Crippen LogP) is 3.25. The summed E-state index contributed by atoms with van der Waals surface area (Å²) in [5, 5.41) is 12.1. The van der Waals surface area contributed by atoms with Gasteiger partial charge in [-0.2, -0.15) is 4.73 Å². The van der Waals surface area contributed by atoms with E-state index in [-0.39, 0.29) is 0 Å². The average Bonchev–Trinajstić information content (AvgIpc) is 2.37. The Morgan fingerprint density at radius 2 is 2.11 bits per heavy atom. The Morgan fingerprint density at radius 1 is 1.22 bits per heavy atom. The molecule has 1 aromatic carbocycles. The summed E-state index contributed by atoms with van der Waals surface area (Å²) in [6.07, 6.45) is 1.50. The SMILES string of the molecule is [O-][n+]1ccccc1SCCOc1cccc(Br)c1. The molecule has 0 saturated carbocycles. The predicted molar refractivity (Wildman–Crippen MR) is 75.8 cm³/mol. The maximum absolute atomic E-state index is 11.4. The molecule has 0 radical (unpaired) electrons. The molecule has 1 aromatic heterocycles. The van der Waals surface area contributed by atoms with Crippen LogP contribution in [0.25, 0.3) is 0 Å². The largest absolute Gasteiger partial charge is 0.618 e. The van der Waals surface area contributed by atoms with Crippen LogP contribution in [-0.4, -0.2) is 12.4 Å². The zero-order chi connectivity index (χ0) is 12.8. The number of hydrogen-bond acceptors (Lipinski definition) is 3. The Kier molecular flexibility index (Phi) is 4.90. The number of pyridine rings is 1. The van der Waals surface area contributed by atoms with Crippen molar-refractivity contribution in [3.05, 3.63) is 58.3 Å². The fourth-order valence-corrected chi connectivity index (χ4v) is 2.50. The summed E-state index contributed by atoms with van der Waals surface area (Å²) in [6.45, 7) is 0.565. The minimum atomic E-state index is 0.565. The van der Waals surface area contributed by atoms with Gasteiger partial charge in [-0.25, -0.2) is 0 Å². The second-order valence-electron chi connectivity index (χ2n) is 3.52. The van der Waals surface area contributed by atoms with E-state index in [9.17, 15) is 5.21 Å². The molecule has 3 nitrogen and oxygen atoms in total. The van der Waals surface area contributed by atoms with Crippen molar-refractivity contribution in [3.63, 3.8) is 0 Å². The van der Waals surface area contributed by atoms with Crippen LogP contribution in [0, 0.1) is 5.21 Å². The Hall–Kier alpha value is -1.20. The van der Waals surface area contributed by atoms with Crippen molar-refractivity contribution in [2.45, 2.75) is 5.03 Å². The number of thioether (sulfide) groups is 1. The molecule has 0 aliphatic carbocycles. The highest BCUT2D eigenvalue weighted by Crippen LogP contribution is 2.18. The van der Waals surface area contributed by atoms with E-state index in [0.717, 1.165) is 20.7 Å². The quantitative estimate of drug-likeness (QED) is 0.366. The van der Waals surface area contributed by atoms with Gasteiger partial charge in [-0.05, 0) is 24.3 Å². The first-order valence-corrected chi connectivity index (χ1v) is 7.23. The molecule has 0 aliphatic rings. The molecule has 18 heavy (non-hydrogen) atoms. The van der Waals surface area contributed by atoms with Crippen LogP contribution in [0.1, 0.15) is 0 Å². The molecule has 0 amide bonds. The zero-order valence-corrected chi connectivity index (χ0v) is 12.0. The van der Waals surface area contributed by atoms with Crippen LogP contribution in [-0.2, 0) is 0 Å². The van der Waals surface area contributed by atoms with Crippen LogP contribution in [0.2, 0.25) is 0 Å². The molecule has 0 N–H and O–H groups in total. The minimum Gasteiger partial charge on any atom is -0.618 e. The number of rotatable bonds is 5. The van der Waals surface area contributed by atoms with E-state index in [0.29, 0.717) is 11.6 Å². The third-order valence-corrected chi connectivity index (χ3v) is 3.66. The fraction of sp³-hybridized carbons (Fsp3) is 0.154. The molecule has 0 spiro atoms. The summed E-state index contributed by atoms with van der Waals surface area (Å²) < 4.78 is 7.44. The second kappa shape index (κ2) is 6.66. The molecule has 0 saturated heterocycles. The Bertz CT molecular complexity index is 522. The first kappa shape index (κ1) is 13.2. The van der Waals surface area contributed by atoms with Gasteiger partial charge >= 0.3 is 0 Å². The van der Waals surface area contributed by atoms with Crippen molar-refractivity contribution in [1.82, 2.24) is 0 Å². The molecular formula is C13H12BrNO2S. The van der Waals surface area contributed by atoms with E-state index in [1.165, 1.54) is 18.0 Å². The van der Waals surface area contributed by atoms with Gasteiger partial charge in [-0.1, -0.05) is 33.8 Å². The molecule has 0 aliphatic heterocycles. The fourth-order valence-electron chi connectivity index (χ4n) is 1.39. The van der Waals surface area contributed by atoms with E-state index in [1.807, 2.05) is 30.3 Å². The molecule has 2 aromatic rings. The monoisotopic (exact) mass is 325 g/mol. The van der Waals surface area contributed by atoms with E-state index < -0.39 is 0 Å². The summed E-state index contributed by atoms with van der Waals surface area (Å²) in [5.74, 6) is 1.56. The molecule has 1 heterocycles. The van der Waals surface area contributed by atoms with Gasteiger partial charge in [0.2, 0.25) is 0 Å². The molecule has 2 rings (SSSR count). The average molecular weight is 326 g/mol. The van der Waals surface area contributed by atoms with Gasteiger partial charge in [0, 0.05) is 22.4 Å². The van der Waals surface area contributed by atoms with Gasteiger partial charge in [0.25, 0.3) is 5.03 Å². The Labute approximate surface area is 119 Å². The van der Waals surface area contributed by atoms with Crippen LogP contribution < -0.4 is 9.47 Å². The third-order valence-electron chi connectivity index (χ3n) is 2.19. The maximum Gasteiger partial charge on any atom is 0.251 e. The van der Waals surface area contributed by atoms with Crippen molar-refractivity contribution in [2.24, 2.45) is 0 Å². The number of hydrogen-bond donors (Lipinski definition) is 0. The maximum atomic E-state index is 11.4. The third kappa shape index (κ3) is 3.92. The number of halogens is 1. The highest BCUT2D eigenvalue weighted by molar-refractivity contribution is 9.10. The molecule has 0 unspecified atom stereocenters. The summed E-state index contributed by atoms with van der Waals surface area (Å²) in [7, 11) is 0. The first-order chi connectivity index (χ1) is 8.75. The molecule has 0 bridgehead atoms. The van der Waals surface area contributed by atoms with Crippen molar-refractivity contribution in [1.29, 1.82) is 0 Å². The Balaban J connectivity index is 1.78. The van der Waals surface area contributed by atoms with E-state index >= 15 is 0 Å². The Morgan fingerprint density at radius 3 is 2.89 bits per heavy atom. The molecule has 5 heteroatoms. The summed E-state index contributed by atoms with van der Waals surface area (Å²) in [5.41, 5.74) is 0. The van der Waals surface area contributed by atoms with Crippen molar-refractivity contribution in [3.8, 4) is 5.75 Å². The minimum absolute atomic E-state index is 0.565. The zero-order valence-electron chi connectivity index (χ0n) is 9.58. The second-order valence-corrected chi connectivity index (χ2v) is 5.55. The van der Waals surface area contributed by atoms with Crippen LogP contribution in [0.15, 0.2) is 58.2 Å². The highest BCUT2D eigenvalue weighted by Gasteiger charge is 2.03. The lowest BCUT2D eigenvalue weighted by Gasteiger charge is -2.06. The highest BCUT2D eigenvalue weighted by atomic mass is 79.9. The lowest BCUT2D eigenvalue weighted by atomic mass is 10.3. The van der Waals surface area contributed by atoms with Gasteiger partial charge in [-0.15, -0.1) is 0 Å². The van der Waals surface area contributed by atoms with Gasteiger partial charge in [-0.3, -0.25) is 0 Å². The van der Waals surface area contributed by atoms with Crippen molar-refractivity contribution >= 4 is 27.7 Å². The van der Waals surface area contributed by atoms with Crippen molar-refractivity contribution < 1.29 is 9.47 Å². The molecule has 0 fully saturated rings. The normalized spacial score (nSPS) is 10.3. The molecule has 94 valence electrons. The number of benzene rings is 1. The topological polar surface area (TPSA) is 36.2 Å². The molecular weight excluding hydrogens is 314 g/mol. The van der Waals surface area contributed by atoms with Crippen LogP contribution in [0.4, 0.5) is 0 Å². The summed E-state index contributed by atoms with van der Waals surface area (Å²) in [6, 6.07) is 13.1. The lowest BCUT2D eigenvalue weighted by Crippen LogP contribution is -2.27. The van der Waals surface area contributed by atoms with E-state index in [1.54, 1.807) is 12.1 Å². The van der Waals surface area contributed by atoms with Gasteiger partial charge in [0.05, 0.1) is 6.61 Å². The van der Waals surface area contributed by atoms with Crippen LogP contribution >= 0.6 is 27.7 Å². The van der Waals surface area contributed by atoms with Crippen LogP contribution in [0.3, 0.4) is 0 Å². The summed E-state index contributed by atoms with van der Waals surface area (Å²) >= 11 is 4.87. The lowest BCUT2D eigenvalue weighted by molar-refractivity contribution is -0.645. The number of aromatic nitrogens is 1. The standard InChI is InChI=1S/C13H12BrNO2S/c14-11-4-3-5-12(10-11)17-8-9-18-13-6-1-2-7-15(13)16/h1-7,10H,8-9H2. The van der Waals surface area contributed by atoms with Gasteiger partial charge in [0.1, 0.15) is 5.75 Å². The van der Waals surface area contributed by atoms with E-state index in [4.69, 9.17) is 4.74 Å². The van der Waals surface area contributed by atoms with Crippen molar-refractivity contribution in [2.75, 3.05) is 12.4 Å². The van der Waals surface area contributed by atoms with E-state index in [2.05, 4.69) is 15.9 Å². The smallest absolute Gasteiger partial charge is 0.251 e. The summed E-state index contributed by atoms with van der Waals surface area (Å²) in [4.78, 5) is 0. The van der Waals surface area contributed by atoms with Crippen LogP contribution in [0.5, 0.6) is 5.75 Å². The molecule has 0 atom stereocenters. The van der Waals surface area contributed by atoms with Gasteiger partial charge in [0.15, 0.2) is 6.20 Å². The number of ether oxygens (including phenoxy) is 1.